The van der Waals surface area contributed by atoms with Crippen LogP contribution in [-0.4, -0.2) is 17.4 Å². The molecule has 0 aromatic heterocycles. The summed E-state index contributed by atoms with van der Waals surface area (Å²) in [5, 5.41) is 10.3. The molecule has 1 saturated carbocycles. The normalized spacial score (nSPS) is 18.6. The summed E-state index contributed by atoms with van der Waals surface area (Å²) in [6.07, 6.45) is -2.61. The van der Waals surface area contributed by atoms with Crippen LogP contribution in [0.4, 0.5) is 13.2 Å². The Morgan fingerprint density at radius 3 is 2.25 bits per heavy atom. The first-order chi connectivity index (χ1) is 9.26. The molecule has 1 aliphatic carbocycles. The summed E-state index contributed by atoms with van der Waals surface area (Å²) in [5.41, 5.74) is -0.633. The van der Waals surface area contributed by atoms with Gasteiger partial charge in [-0.25, -0.2) is 0 Å². The molecule has 112 valence electrons. The fourth-order valence-electron chi connectivity index (χ4n) is 2.05. The van der Waals surface area contributed by atoms with Gasteiger partial charge in [-0.1, -0.05) is 12.1 Å². The van der Waals surface area contributed by atoms with Crippen LogP contribution in [0.1, 0.15) is 44.6 Å². The molecule has 1 aromatic carbocycles. The number of ether oxygens (including phenoxy) is 1. The average molecular weight is 288 g/mol. The van der Waals surface area contributed by atoms with Crippen molar-refractivity contribution in [3.63, 3.8) is 0 Å². The van der Waals surface area contributed by atoms with Crippen molar-refractivity contribution < 1.29 is 23.0 Å². The third-order valence-corrected chi connectivity index (χ3v) is 3.43. The van der Waals surface area contributed by atoms with Crippen LogP contribution >= 0.6 is 0 Å². The number of rotatable bonds is 6. The minimum Gasteiger partial charge on any atom is -0.490 e. The number of aliphatic hydroxyl groups is 1. The molecule has 1 atom stereocenters. The van der Waals surface area contributed by atoms with Crippen LogP contribution in [0, 0.1) is 0 Å². The van der Waals surface area contributed by atoms with Crippen molar-refractivity contribution in [2.45, 2.75) is 56.9 Å². The fraction of sp³-hybridized carbons (Fsp3) is 0.600. The Labute approximate surface area is 116 Å². The maximum atomic E-state index is 12.1. The van der Waals surface area contributed by atoms with Crippen molar-refractivity contribution in [3.8, 4) is 5.75 Å². The van der Waals surface area contributed by atoms with Crippen molar-refractivity contribution in [1.29, 1.82) is 0 Å². The molecule has 1 aromatic rings. The van der Waals surface area contributed by atoms with Crippen LogP contribution in [0.15, 0.2) is 24.3 Å². The fourth-order valence-corrected chi connectivity index (χ4v) is 2.05. The van der Waals surface area contributed by atoms with E-state index in [9.17, 15) is 18.3 Å². The van der Waals surface area contributed by atoms with Gasteiger partial charge in [-0.15, -0.1) is 0 Å². The number of hydrogen-bond acceptors (Lipinski definition) is 2. The predicted molar refractivity (Wildman–Crippen MR) is 69.6 cm³/mol. The molecule has 0 bridgehead atoms. The van der Waals surface area contributed by atoms with Crippen molar-refractivity contribution in [1.82, 2.24) is 0 Å². The second kappa shape index (κ2) is 5.64. The SMILES string of the molecule is CC(O)(CCCC(F)(F)F)c1ccc(OC2CC2)cc1. The Kier molecular flexibility index (Phi) is 4.28. The van der Waals surface area contributed by atoms with Gasteiger partial charge in [-0.3, -0.25) is 0 Å². The molecule has 1 aliphatic rings. The van der Waals surface area contributed by atoms with Gasteiger partial charge in [0.05, 0.1) is 11.7 Å². The van der Waals surface area contributed by atoms with E-state index in [-0.39, 0.29) is 12.8 Å². The Hall–Kier alpha value is -1.23. The van der Waals surface area contributed by atoms with Gasteiger partial charge in [0, 0.05) is 6.42 Å². The van der Waals surface area contributed by atoms with E-state index in [0.717, 1.165) is 18.6 Å². The van der Waals surface area contributed by atoms with Crippen LogP contribution in [0.25, 0.3) is 0 Å². The highest BCUT2D eigenvalue weighted by atomic mass is 19.4. The van der Waals surface area contributed by atoms with E-state index in [4.69, 9.17) is 4.74 Å². The summed E-state index contributed by atoms with van der Waals surface area (Å²) in [6.45, 7) is 1.54. The molecule has 0 amide bonds. The summed E-state index contributed by atoms with van der Waals surface area (Å²) in [4.78, 5) is 0. The number of alkyl halides is 3. The summed E-state index contributed by atoms with van der Waals surface area (Å²) in [5.74, 6) is 0.738. The monoisotopic (exact) mass is 288 g/mol. The van der Waals surface area contributed by atoms with Crippen LogP contribution in [0.5, 0.6) is 5.75 Å². The summed E-state index contributed by atoms with van der Waals surface area (Å²) in [7, 11) is 0. The minimum absolute atomic E-state index is 0.0787. The maximum absolute atomic E-state index is 12.1. The molecular weight excluding hydrogens is 269 g/mol. The van der Waals surface area contributed by atoms with Crippen molar-refractivity contribution >= 4 is 0 Å². The van der Waals surface area contributed by atoms with E-state index in [1.165, 1.54) is 0 Å². The first-order valence-electron chi connectivity index (χ1n) is 6.83. The van der Waals surface area contributed by atoms with Gasteiger partial charge < -0.3 is 9.84 Å². The van der Waals surface area contributed by atoms with Gasteiger partial charge in [0.2, 0.25) is 0 Å². The second-order valence-corrected chi connectivity index (χ2v) is 5.58. The second-order valence-electron chi connectivity index (χ2n) is 5.58. The number of hydrogen-bond donors (Lipinski definition) is 1. The molecule has 0 heterocycles. The lowest BCUT2D eigenvalue weighted by Gasteiger charge is -2.24. The molecule has 2 rings (SSSR count). The molecule has 0 saturated heterocycles. The van der Waals surface area contributed by atoms with E-state index >= 15 is 0 Å². The lowest BCUT2D eigenvalue weighted by atomic mass is 9.90. The molecule has 1 fully saturated rings. The minimum atomic E-state index is -4.17. The van der Waals surface area contributed by atoms with Crippen LogP contribution < -0.4 is 4.74 Å². The predicted octanol–water partition coefficient (Wildman–Crippen LogP) is 4.17. The van der Waals surface area contributed by atoms with Gasteiger partial charge >= 0.3 is 6.18 Å². The lowest BCUT2D eigenvalue weighted by Crippen LogP contribution is -2.22. The molecule has 0 radical (unpaired) electrons. The van der Waals surface area contributed by atoms with Crippen LogP contribution in [0.2, 0.25) is 0 Å². The molecule has 1 N–H and O–H groups in total. The third kappa shape index (κ3) is 4.71. The van der Waals surface area contributed by atoms with Gasteiger partial charge in [-0.2, -0.15) is 13.2 Å². The molecule has 0 aliphatic heterocycles. The number of halogens is 3. The van der Waals surface area contributed by atoms with Gasteiger partial charge in [0.15, 0.2) is 0 Å². The standard InChI is InChI=1S/C15H19F3O2/c1-14(19,9-2-10-15(16,17)18)11-3-5-12(6-4-11)20-13-7-8-13/h3-6,13,19H,2,7-10H2,1H3. The summed E-state index contributed by atoms with van der Waals surface area (Å²) in [6, 6.07) is 6.94. The zero-order valence-corrected chi connectivity index (χ0v) is 11.4. The highest BCUT2D eigenvalue weighted by molar-refractivity contribution is 5.30. The summed E-state index contributed by atoms with van der Waals surface area (Å²) >= 11 is 0. The van der Waals surface area contributed by atoms with E-state index in [1.807, 2.05) is 0 Å². The van der Waals surface area contributed by atoms with Gasteiger partial charge in [0.25, 0.3) is 0 Å². The number of benzene rings is 1. The van der Waals surface area contributed by atoms with Crippen molar-refractivity contribution in [3.05, 3.63) is 29.8 Å². The first-order valence-corrected chi connectivity index (χ1v) is 6.83. The smallest absolute Gasteiger partial charge is 0.389 e. The topological polar surface area (TPSA) is 29.5 Å². The highest BCUT2D eigenvalue weighted by Crippen LogP contribution is 2.32. The Balaban J connectivity index is 1.90. The largest absolute Gasteiger partial charge is 0.490 e. The average Bonchev–Trinajstić information content (AvgIpc) is 3.11. The molecular formula is C15H19F3O2. The Bertz CT molecular complexity index is 433. The van der Waals surface area contributed by atoms with E-state index < -0.39 is 18.2 Å². The molecule has 20 heavy (non-hydrogen) atoms. The zero-order chi connectivity index (χ0) is 14.8. The third-order valence-electron chi connectivity index (χ3n) is 3.43. The van der Waals surface area contributed by atoms with Crippen molar-refractivity contribution in [2.24, 2.45) is 0 Å². The maximum Gasteiger partial charge on any atom is 0.389 e. The quantitative estimate of drug-likeness (QED) is 0.851. The van der Waals surface area contributed by atoms with Crippen LogP contribution in [0.3, 0.4) is 0 Å². The van der Waals surface area contributed by atoms with E-state index in [1.54, 1.807) is 31.2 Å². The van der Waals surface area contributed by atoms with Gasteiger partial charge in [0.1, 0.15) is 5.75 Å². The lowest BCUT2D eigenvalue weighted by molar-refractivity contribution is -0.137. The molecule has 2 nitrogen and oxygen atoms in total. The Morgan fingerprint density at radius 2 is 1.75 bits per heavy atom. The first kappa shape index (κ1) is 15.2. The molecule has 1 unspecified atom stereocenters. The molecule has 5 heteroatoms. The van der Waals surface area contributed by atoms with E-state index in [0.29, 0.717) is 11.7 Å². The highest BCUT2D eigenvalue weighted by Gasteiger charge is 2.30. The zero-order valence-electron chi connectivity index (χ0n) is 11.4. The van der Waals surface area contributed by atoms with Gasteiger partial charge in [-0.05, 0) is 50.3 Å². The summed E-state index contributed by atoms with van der Waals surface area (Å²) < 4.78 is 41.9. The van der Waals surface area contributed by atoms with E-state index in [2.05, 4.69) is 0 Å². The van der Waals surface area contributed by atoms with Crippen molar-refractivity contribution in [2.75, 3.05) is 0 Å². The van der Waals surface area contributed by atoms with Crippen LogP contribution in [-0.2, 0) is 5.60 Å². The molecule has 0 spiro atoms. The Morgan fingerprint density at radius 1 is 1.15 bits per heavy atom.